The molecule has 0 aromatic heterocycles. The largest absolute Gasteiger partial charge is 0.391 e. The topological polar surface area (TPSA) is 61.4 Å². The highest BCUT2D eigenvalue weighted by Crippen LogP contribution is 2.23. The second-order valence-corrected chi connectivity index (χ2v) is 5.30. The van der Waals surface area contributed by atoms with Crippen LogP contribution < -0.4 is 10.6 Å². The molecule has 0 aliphatic rings. The molecule has 0 heterocycles. The fraction of sp³-hybridized carbons (Fsp3) is 0.462. The maximum Gasteiger partial charge on any atom is 0.319 e. The monoisotopic (exact) mass is 306 g/mol. The molecule has 0 radical (unpaired) electrons. The van der Waals surface area contributed by atoms with E-state index in [9.17, 15) is 18.7 Å². The van der Waals surface area contributed by atoms with E-state index in [-0.39, 0.29) is 17.5 Å². The van der Waals surface area contributed by atoms with Crippen LogP contribution in [-0.4, -0.2) is 23.8 Å². The molecule has 0 fully saturated rings. The zero-order valence-corrected chi connectivity index (χ0v) is 12.0. The van der Waals surface area contributed by atoms with Crippen molar-refractivity contribution < 1.29 is 18.7 Å². The van der Waals surface area contributed by atoms with E-state index < -0.39 is 29.5 Å². The number of hydrogen-bond acceptors (Lipinski definition) is 2. The summed E-state index contributed by atoms with van der Waals surface area (Å²) in [7, 11) is 0. The second kappa shape index (κ2) is 7.40. The van der Waals surface area contributed by atoms with Crippen LogP contribution in [0.25, 0.3) is 0 Å². The number of benzene rings is 1. The molecule has 1 aromatic carbocycles. The van der Waals surface area contributed by atoms with Gasteiger partial charge in [0.15, 0.2) is 11.6 Å². The summed E-state index contributed by atoms with van der Waals surface area (Å²) in [4.78, 5) is 11.5. The van der Waals surface area contributed by atoms with Gasteiger partial charge in [-0.15, -0.1) is 0 Å². The Morgan fingerprint density at radius 2 is 1.90 bits per heavy atom. The molecule has 4 nitrogen and oxygen atoms in total. The number of halogens is 3. The molecule has 112 valence electrons. The van der Waals surface area contributed by atoms with Gasteiger partial charge in [-0.1, -0.05) is 25.4 Å². The van der Waals surface area contributed by atoms with Crippen molar-refractivity contribution in [1.82, 2.24) is 5.32 Å². The van der Waals surface area contributed by atoms with E-state index in [2.05, 4.69) is 5.32 Å². The molecule has 1 aromatic rings. The van der Waals surface area contributed by atoms with Crippen molar-refractivity contribution in [1.29, 1.82) is 0 Å². The Kier molecular flexibility index (Phi) is 6.16. The molecule has 0 spiro atoms. The van der Waals surface area contributed by atoms with Gasteiger partial charge in [0, 0.05) is 11.6 Å². The molecule has 1 unspecified atom stereocenters. The zero-order valence-electron chi connectivity index (χ0n) is 11.2. The molecule has 0 aliphatic heterocycles. The number of anilines is 1. The van der Waals surface area contributed by atoms with Crippen molar-refractivity contribution in [2.75, 3.05) is 11.9 Å². The predicted octanol–water partition coefficient (Wildman–Crippen LogP) is 3.15. The van der Waals surface area contributed by atoms with Crippen molar-refractivity contribution in [3.8, 4) is 0 Å². The van der Waals surface area contributed by atoms with Crippen LogP contribution in [0.4, 0.5) is 19.3 Å². The van der Waals surface area contributed by atoms with Gasteiger partial charge in [0.2, 0.25) is 0 Å². The van der Waals surface area contributed by atoms with Gasteiger partial charge in [-0.05, 0) is 24.5 Å². The van der Waals surface area contributed by atoms with E-state index in [1.165, 1.54) is 0 Å². The summed E-state index contributed by atoms with van der Waals surface area (Å²) in [6.07, 6.45) is -0.190. The van der Waals surface area contributed by atoms with Crippen LogP contribution in [0.5, 0.6) is 0 Å². The van der Waals surface area contributed by atoms with E-state index >= 15 is 0 Å². The van der Waals surface area contributed by atoms with Crippen molar-refractivity contribution in [2.45, 2.75) is 26.4 Å². The van der Waals surface area contributed by atoms with Crippen LogP contribution in [0.1, 0.15) is 20.3 Å². The number of hydrogen-bond donors (Lipinski definition) is 3. The SMILES string of the molecule is CC(C)CC(O)CNC(=O)Nc1c(F)cc(Cl)cc1F. The van der Waals surface area contributed by atoms with E-state index in [1.54, 1.807) is 0 Å². The zero-order chi connectivity index (χ0) is 15.3. The fourth-order valence-corrected chi connectivity index (χ4v) is 1.85. The number of nitrogens with one attached hydrogen (secondary N) is 2. The summed E-state index contributed by atoms with van der Waals surface area (Å²) in [5.41, 5.74) is -0.578. The van der Waals surface area contributed by atoms with Crippen molar-refractivity contribution in [2.24, 2.45) is 5.92 Å². The number of rotatable bonds is 5. The molecule has 0 aliphatic carbocycles. The first kappa shape index (κ1) is 16.7. The van der Waals surface area contributed by atoms with Crippen LogP contribution in [0.2, 0.25) is 5.02 Å². The van der Waals surface area contributed by atoms with Gasteiger partial charge in [-0.2, -0.15) is 0 Å². The van der Waals surface area contributed by atoms with Gasteiger partial charge in [-0.25, -0.2) is 13.6 Å². The van der Waals surface area contributed by atoms with E-state index in [0.717, 1.165) is 12.1 Å². The first-order valence-electron chi connectivity index (χ1n) is 6.17. The lowest BCUT2D eigenvalue weighted by molar-refractivity contribution is 0.148. The Labute approximate surface area is 121 Å². The minimum atomic E-state index is -0.965. The molecular formula is C13H17ClF2N2O2. The summed E-state index contributed by atoms with van der Waals surface area (Å²) >= 11 is 5.47. The normalized spacial score (nSPS) is 12.3. The van der Waals surface area contributed by atoms with Gasteiger partial charge >= 0.3 is 6.03 Å². The maximum atomic E-state index is 13.4. The molecule has 0 saturated carbocycles. The minimum Gasteiger partial charge on any atom is -0.391 e. The minimum absolute atomic E-state index is 0.000834. The summed E-state index contributed by atoms with van der Waals surface area (Å²) in [5.74, 6) is -1.65. The number of carbonyl (C=O) groups excluding carboxylic acids is 1. The highest BCUT2D eigenvalue weighted by Gasteiger charge is 2.14. The van der Waals surface area contributed by atoms with Crippen LogP contribution >= 0.6 is 11.6 Å². The lowest BCUT2D eigenvalue weighted by Gasteiger charge is -2.14. The molecule has 1 rings (SSSR count). The summed E-state index contributed by atoms with van der Waals surface area (Å²) in [6, 6.07) is 0.995. The van der Waals surface area contributed by atoms with Crippen LogP contribution in [0.15, 0.2) is 12.1 Å². The van der Waals surface area contributed by atoms with E-state index in [0.29, 0.717) is 6.42 Å². The number of urea groups is 1. The molecule has 7 heteroatoms. The third kappa shape index (κ3) is 5.30. The van der Waals surface area contributed by atoms with Crippen molar-refractivity contribution >= 4 is 23.3 Å². The van der Waals surface area contributed by atoms with E-state index in [4.69, 9.17) is 11.6 Å². The molecular weight excluding hydrogens is 290 g/mol. The second-order valence-electron chi connectivity index (χ2n) is 4.86. The third-order valence-corrected chi connectivity index (χ3v) is 2.71. The first-order valence-corrected chi connectivity index (χ1v) is 6.54. The molecule has 0 saturated heterocycles. The van der Waals surface area contributed by atoms with Gasteiger partial charge in [0.1, 0.15) is 5.69 Å². The van der Waals surface area contributed by atoms with Gasteiger partial charge in [-0.3, -0.25) is 0 Å². The molecule has 0 bridgehead atoms. The standard InChI is InChI=1S/C13H17ClF2N2O2/c1-7(2)3-9(19)6-17-13(20)18-12-10(15)4-8(14)5-11(12)16/h4-5,7,9,19H,3,6H2,1-2H3,(H2,17,18,20). The molecule has 3 N–H and O–H groups in total. The van der Waals surface area contributed by atoms with Gasteiger partial charge in [0.05, 0.1) is 6.10 Å². The first-order chi connectivity index (χ1) is 9.29. The smallest absolute Gasteiger partial charge is 0.319 e. The highest BCUT2D eigenvalue weighted by molar-refractivity contribution is 6.30. The van der Waals surface area contributed by atoms with Crippen LogP contribution in [0.3, 0.4) is 0 Å². The number of carbonyl (C=O) groups is 1. The van der Waals surface area contributed by atoms with Crippen molar-refractivity contribution in [3.63, 3.8) is 0 Å². The average Bonchev–Trinajstić information content (AvgIpc) is 2.30. The van der Waals surface area contributed by atoms with Crippen LogP contribution in [-0.2, 0) is 0 Å². The Balaban J connectivity index is 2.55. The Morgan fingerprint density at radius 3 is 2.40 bits per heavy atom. The Morgan fingerprint density at radius 1 is 1.35 bits per heavy atom. The fourth-order valence-electron chi connectivity index (χ4n) is 1.66. The highest BCUT2D eigenvalue weighted by atomic mass is 35.5. The lowest BCUT2D eigenvalue weighted by Crippen LogP contribution is -2.36. The third-order valence-electron chi connectivity index (χ3n) is 2.49. The molecule has 2 amide bonds. The van der Waals surface area contributed by atoms with Crippen molar-refractivity contribution in [3.05, 3.63) is 28.8 Å². The van der Waals surface area contributed by atoms with Gasteiger partial charge < -0.3 is 15.7 Å². The Bertz CT molecular complexity index is 460. The number of aliphatic hydroxyl groups is 1. The summed E-state index contributed by atoms with van der Waals surface area (Å²) in [5, 5.41) is 13.9. The molecule has 1 atom stereocenters. The maximum absolute atomic E-state index is 13.4. The number of aliphatic hydroxyl groups excluding tert-OH is 1. The van der Waals surface area contributed by atoms with Gasteiger partial charge in [0.25, 0.3) is 0 Å². The quantitative estimate of drug-likeness (QED) is 0.782. The van der Waals surface area contributed by atoms with Crippen LogP contribution in [0, 0.1) is 17.6 Å². The lowest BCUT2D eigenvalue weighted by atomic mass is 10.1. The summed E-state index contributed by atoms with van der Waals surface area (Å²) < 4.78 is 26.9. The van der Waals surface area contributed by atoms with E-state index in [1.807, 2.05) is 19.2 Å². The number of amides is 2. The molecule has 20 heavy (non-hydrogen) atoms. The Hall–Kier alpha value is -1.40. The predicted molar refractivity (Wildman–Crippen MR) is 73.9 cm³/mol. The average molecular weight is 307 g/mol. The summed E-state index contributed by atoms with van der Waals surface area (Å²) in [6.45, 7) is 3.87.